The number of benzene rings is 2. The molecule has 3 saturated carbocycles. The maximum Gasteiger partial charge on any atom is 0.238 e. The Hall–Kier alpha value is -2.46. The number of hydrogen-bond donors (Lipinski definition) is 1. The van der Waals surface area contributed by atoms with Crippen LogP contribution in [0, 0.1) is 28.6 Å². The molecule has 8 nitrogen and oxygen atoms in total. The van der Waals surface area contributed by atoms with Crippen LogP contribution in [0.5, 0.6) is 5.75 Å². The minimum absolute atomic E-state index is 0.00729. The van der Waals surface area contributed by atoms with Gasteiger partial charge >= 0.3 is 0 Å². The number of carbonyl (C=O) groups is 1. The first-order chi connectivity index (χ1) is 23.8. The first kappa shape index (κ1) is 39.7. The van der Waals surface area contributed by atoms with E-state index >= 15 is 0 Å². The summed E-state index contributed by atoms with van der Waals surface area (Å²) in [5.41, 5.74) is 4.94. The zero-order valence-electron chi connectivity index (χ0n) is 33.3. The predicted octanol–water partition coefficient (Wildman–Crippen LogP) is 7.28. The van der Waals surface area contributed by atoms with Gasteiger partial charge in [0.15, 0.2) is 0 Å². The molecule has 2 aromatic rings. The molecule has 4 aliphatic rings. The number of rotatable bonds is 14. The second-order valence-corrected chi connectivity index (χ2v) is 20.4. The largest absolute Gasteiger partial charge is 0.496 e. The third-order valence-corrected chi connectivity index (χ3v) is 14.2. The Kier molecular flexibility index (Phi) is 12.1. The quantitative estimate of drug-likeness (QED) is 0.221. The van der Waals surface area contributed by atoms with Gasteiger partial charge in [0.2, 0.25) is 15.9 Å². The number of sulfonamides is 1. The topological polar surface area (TPSA) is 82.2 Å². The maximum absolute atomic E-state index is 13.8. The SMILES string of the molecule is COc1ccc(C(C)C)cc1CN(Cc1cccc(CN2C(C(=O)N[C@H]3C[C@@H]4C[C@H]([C@@H]3C)C4(C)C)CCS2(=O)=O)c1)[C@H](CN(C)C)CC(C)(C)C. The molecule has 6 rings (SSSR count). The van der Waals surface area contributed by atoms with Gasteiger partial charge in [-0.3, -0.25) is 9.69 Å². The Morgan fingerprint density at radius 3 is 2.37 bits per heavy atom. The summed E-state index contributed by atoms with van der Waals surface area (Å²) in [5.74, 6) is 2.79. The van der Waals surface area contributed by atoms with Crippen LogP contribution in [0.4, 0.5) is 0 Å². The molecule has 1 saturated heterocycles. The molecule has 1 N–H and O–H groups in total. The van der Waals surface area contributed by atoms with Crippen molar-refractivity contribution >= 4 is 15.9 Å². The molecule has 2 bridgehead atoms. The minimum atomic E-state index is -3.55. The average molecular weight is 723 g/mol. The fourth-order valence-electron chi connectivity index (χ4n) is 9.30. The molecule has 1 aliphatic heterocycles. The van der Waals surface area contributed by atoms with Crippen molar-refractivity contribution in [1.82, 2.24) is 19.4 Å². The first-order valence-corrected chi connectivity index (χ1v) is 20.8. The lowest BCUT2D eigenvalue weighted by molar-refractivity contribution is -0.136. The third-order valence-electron chi connectivity index (χ3n) is 12.3. The Morgan fingerprint density at radius 2 is 1.76 bits per heavy atom. The first-order valence-electron chi connectivity index (χ1n) is 19.2. The summed E-state index contributed by atoms with van der Waals surface area (Å²) in [6.07, 6.45) is 3.56. The Labute approximate surface area is 309 Å². The summed E-state index contributed by atoms with van der Waals surface area (Å²) in [5, 5.41) is 3.32. The van der Waals surface area contributed by atoms with Crippen LogP contribution < -0.4 is 10.1 Å². The average Bonchev–Trinajstić information content (AvgIpc) is 3.33. The molecule has 0 radical (unpaired) electrons. The van der Waals surface area contributed by atoms with Gasteiger partial charge in [-0.15, -0.1) is 0 Å². The van der Waals surface area contributed by atoms with E-state index < -0.39 is 16.1 Å². The second-order valence-electron chi connectivity index (χ2n) is 18.4. The highest BCUT2D eigenvalue weighted by molar-refractivity contribution is 7.89. The van der Waals surface area contributed by atoms with Crippen molar-refractivity contribution in [3.63, 3.8) is 0 Å². The third kappa shape index (κ3) is 9.20. The number of likely N-dealkylation sites (N-methyl/N-ethyl adjacent to an activating group) is 1. The highest BCUT2D eigenvalue weighted by Gasteiger charge is 2.56. The van der Waals surface area contributed by atoms with Crippen LogP contribution >= 0.6 is 0 Å². The molecular formula is C42H66N4O4S. The fraction of sp³-hybridized carbons (Fsp3) is 0.690. The molecule has 6 atom stereocenters. The highest BCUT2D eigenvalue weighted by atomic mass is 32.2. The van der Waals surface area contributed by atoms with Crippen LogP contribution in [0.25, 0.3) is 0 Å². The van der Waals surface area contributed by atoms with Crippen LogP contribution in [0.1, 0.15) is 109 Å². The zero-order valence-corrected chi connectivity index (χ0v) is 34.1. The van der Waals surface area contributed by atoms with Gasteiger partial charge in [0, 0.05) is 43.8 Å². The molecule has 2 aromatic carbocycles. The fourth-order valence-corrected chi connectivity index (χ4v) is 11.0. The predicted molar refractivity (Wildman–Crippen MR) is 208 cm³/mol. The van der Waals surface area contributed by atoms with Crippen LogP contribution in [0.15, 0.2) is 42.5 Å². The monoisotopic (exact) mass is 722 g/mol. The van der Waals surface area contributed by atoms with E-state index in [0.29, 0.717) is 42.1 Å². The number of methoxy groups -OCH3 is 1. The van der Waals surface area contributed by atoms with Crippen LogP contribution in [-0.4, -0.2) is 80.1 Å². The molecule has 51 heavy (non-hydrogen) atoms. The molecule has 0 spiro atoms. The van der Waals surface area contributed by atoms with Gasteiger partial charge in [-0.2, -0.15) is 4.31 Å². The number of carbonyl (C=O) groups excluding carboxylic acids is 1. The molecule has 284 valence electrons. The standard InChI is InChI=1S/C42H66N4O4S/c1-28(2)32-15-16-39(50-11)33(20-32)26-45(35(27-44(9)10)23-41(4,5)6)24-30-13-12-14-31(19-30)25-46-38(17-18-51(46,48)49)40(47)43-37-22-34-21-36(29(37)3)42(34,7)8/h12-16,19-20,28-29,34-38H,17-18,21-27H2,1-11H3,(H,43,47)/t29-,34-,35-,36+,37-,38?/m0/s1. The number of fused-ring (bicyclic) bond motifs is 2. The smallest absolute Gasteiger partial charge is 0.238 e. The number of nitrogens with zero attached hydrogens (tertiary/aromatic N) is 3. The summed E-state index contributed by atoms with van der Waals surface area (Å²) in [4.78, 5) is 18.6. The molecule has 1 heterocycles. The lowest BCUT2D eigenvalue weighted by atomic mass is 9.45. The van der Waals surface area contributed by atoms with Gasteiger partial charge in [0.1, 0.15) is 11.8 Å². The molecule has 3 aliphatic carbocycles. The molecule has 4 fully saturated rings. The zero-order chi connectivity index (χ0) is 37.5. The van der Waals surface area contributed by atoms with Crippen molar-refractivity contribution in [3.8, 4) is 5.75 Å². The van der Waals surface area contributed by atoms with E-state index in [2.05, 4.69) is 115 Å². The van der Waals surface area contributed by atoms with E-state index in [1.54, 1.807) is 7.11 Å². The van der Waals surface area contributed by atoms with Crippen molar-refractivity contribution < 1.29 is 17.9 Å². The van der Waals surface area contributed by atoms with Gasteiger partial charge in [-0.1, -0.05) is 91.8 Å². The summed E-state index contributed by atoms with van der Waals surface area (Å²) in [6, 6.07) is 14.5. The summed E-state index contributed by atoms with van der Waals surface area (Å²) >= 11 is 0. The van der Waals surface area contributed by atoms with Crippen LogP contribution in [0.3, 0.4) is 0 Å². The van der Waals surface area contributed by atoms with Crippen molar-refractivity contribution in [3.05, 3.63) is 64.7 Å². The van der Waals surface area contributed by atoms with E-state index in [0.717, 1.165) is 42.8 Å². The number of nitrogens with one attached hydrogen (secondary N) is 1. The normalized spacial score (nSPS) is 26.4. The number of hydrogen-bond acceptors (Lipinski definition) is 6. The minimum Gasteiger partial charge on any atom is -0.496 e. The Bertz CT molecular complexity index is 1630. The van der Waals surface area contributed by atoms with Crippen molar-refractivity contribution in [1.29, 1.82) is 0 Å². The van der Waals surface area contributed by atoms with Gasteiger partial charge in [-0.25, -0.2) is 8.42 Å². The Balaban J connectivity index is 1.38. The van der Waals surface area contributed by atoms with Crippen molar-refractivity contribution in [2.75, 3.05) is 33.5 Å². The number of ether oxygens (including phenoxy) is 1. The second kappa shape index (κ2) is 15.5. The van der Waals surface area contributed by atoms with E-state index in [9.17, 15) is 13.2 Å². The van der Waals surface area contributed by atoms with Gasteiger partial charge in [0.05, 0.1) is 12.9 Å². The highest BCUT2D eigenvalue weighted by Crippen LogP contribution is 2.61. The van der Waals surface area contributed by atoms with E-state index in [-0.39, 0.29) is 35.7 Å². The van der Waals surface area contributed by atoms with Gasteiger partial charge in [-0.05, 0) is 97.0 Å². The van der Waals surface area contributed by atoms with E-state index in [4.69, 9.17) is 4.74 Å². The lowest BCUT2D eigenvalue weighted by Gasteiger charge is -2.62. The van der Waals surface area contributed by atoms with E-state index in [1.165, 1.54) is 21.9 Å². The maximum atomic E-state index is 13.8. The summed E-state index contributed by atoms with van der Waals surface area (Å²) < 4.78 is 34.2. The molecular weight excluding hydrogens is 657 g/mol. The van der Waals surface area contributed by atoms with Crippen LogP contribution in [-0.2, 0) is 34.5 Å². The lowest BCUT2D eigenvalue weighted by Crippen LogP contribution is -2.61. The van der Waals surface area contributed by atoms with Crippen LogP contribution in [0.2, 0.25) is 0 Å². The Morgan fingerprint density at radius 1 is 1.06 bits per heavy atom. The molecule has 1 unspecified atom stereocenters. The van der Waals surface area contributed by atoms with Gasteiger partial charge in [0.25, 0.3) is 0 Å². The molecule has 0 aromatic heterocycles. The summed E-state index contributed by atoms with van der Waals surface area (Å²) in [7, 11) is 2.46. The molecule has 9 heteroatoms. The van der Waals surface area contributed by atoms with Gasteiger partial charge < -0.3 is 15.0 Å². The van der Waals surface area contributed by atoms with Crippen molar-refractivity contribution in [2.45, 2.75) is 125 Å². The summed E-state index contributed by atoms with van der Waals surface area (Å²) in [6.45, 7) is 20.8. The van der Waals surface area contributed by atoms with E-state index in [1.807, 2.05) is 12.1 Å². The van der Waals surface area contributed by atoms with Crippen molar-refractivity contribution in [2.24, 2.45) is 28.6 Å². The number of amides is 1. The molecule has 1 amide bonds.